The minimum Gasteiger partial charge on any atom is -0.476 e. The van der Waals surface area contributed by atoms with Gasteiger partial charge in [-0.2, -0.15) is 5.10 Å². The Kier molecular flexibility index (Phi) is 3.06. The van der Waals surface area contributed by atoms with Gasteiger partial charge in [0.1, 0.15) is 5.82 Å². The number of rotatable bonds is 3. The molecule has 0 aliphatic rings. The van der Waals surface area contributed by atoms with Crippen molar-refractivity contribution in [3.05, 3.63) is 35.5 Å². The first-order valence-electron chi connectivity index (χ1n) is 5.69. The normalized spacial score (nSPS) is 10.6. The summed E-state index contributed by atoms with van der Waals surface area (Å²) in [5.41, 5.74) is 8.31. The number of aromatic nitrogens is 2. The lowest BCUT2D eigenvalue weighted by atomic mass is 10.0. The second-order valence-corrected chi connectivity index (χ2v) is 4.09. The van der Waals surface area contributed by atoms with E-state index in [2.05, 4.69) is 12.0 Å². The van der Waals surface area contributed by atoms with Crippen LogP contribution in [0.3, 0.4) is 0 Å². The number of carbonyl (C=O) groups is 1. The van der Waals surface area contributed by atoms with Crippen molar-refractivity contribution in [3.63, 3.8) is 0 Å². The van der Waals surface area contributed by atoms with Crippen molar-refractivity contribution < 1.29 is 9.90 Å². The van der Waals surface area contributed by atoms with Crippen LogP contribution in [-0.4, -0.2) is 20.9 Å². The zero-order chi connectivity index (χ0) is 13.3. The number of aromatic carboxylic acids is 1. The molecule has 94 valence electrons. The van der Waals surface area contributed by atoms with Gasteiger partial charge in [0.05, 0.1) is 5.56 Å². The summed E-state index contributed by atoms with van der Waals surface area (Å²) in [6, 6.07) is 7.68. The van der Waals surface area contributed by atoms with Gasteiger partial charge in [0.15, 0.2) is 5.69 Å². The highest BCUT2D eigenvalue weighted by atomic mass is 16.4. The fourth-order valence-corrected chi connectivity index (χ4v) is 1.88. The minimum absolute atomic E-state index is 0.0146. The second kappa shape index (κ2) is 4.52. The number of anilines is 1. The van der Waals surface area contributed by atoms with E-state index in [9.17, 15) is 4.79 Å². The number of carboxylic acid groups (broad SMARTS) is 1. The molecule has 0 unspecified atom stereocenters. The van der Waals surface area contributed by atoms with E-state index in [1.54, 1.807) is 7.05 Å². The summed E-state index contributed by atoms with van der Waals surface area (Å²) < 4.78 is 1.38. The molecule has 1 aromatic heterocycles. The van der Waals surface area contributed by atoms with Crippen molar-refractivity contribution in [2.45, 2.75) is 13.3 Å². The van der Waals surface area contributed by atoms with Crippen LogP contribution in [0.4, 0.5) is 5.82 Å². The zero-order valence-electron chi connectivity index (χ0n) is 10.3. The maximum absolute atomic E-state index is 11.2. The Morgan fingerprint density at radius 1 is 1.39 bits per heavy atom. The number of nitrogens with zero attached hydrogens (tertiary/aromatic N) is 2. The Morgan fingerprint density at radius 2 is 2.00 bits per heavy atom. The van der Waals surface area contributed by atoms with Gasteiger partial charge in [0.25, 0.3) is 0 Å². The van der Waals surface area contributed by atoms with Crippen LogP contribution in [0.25, 0.3) is 11.1 Å². The Balaban J connectivity index is 2.58. The highest BCUT2D eigenvalue weighted by molar-refractivity contribution is 5.97. The van der Waals surface area contributed by atoms with Crippen molar-refractivity contribution >= 4 is 11.8 Å². The van der Waals surface area contributed by atoms with Gasteiger partial charge in [-0.05, 0) is 17.5 Å². The molecule has 1 aromatic carbocycles. The predicted octanol–water partition coefficient (Wildman–Crippen LogP) is 1.93. The van der Waals surface area contributed by atoms with E-state index in [1.165, 1.54) is 10.2 Å². The van der Waals surface area contributed by atoms with Crippen LogP contribution in [0.1, 0.15) is 23.0 Å². The number of hydrogen-bond acceptors (Lipinski definition) is 3. The molecule has 0 amide bonds. The first kappa shape index (κ1) is 12.2. The van der Waals surface area contributed by atoms with Gasteiger partial charge < -0.3 is 10.8 Å². The Bertz CT molecular complexity index is 585. The molecule has 2 rings (SSSR count). The third-order valence-corrected chi connectivity index (χ3v) is 2.95. The van der Waals surface area contributed by atoms with E-state index in [0.29, 0.717) is 11.4 Å². The van der Waals surface area contributed by atoms with E-state index >= 15 is 0 Å². The summed E-state index contributed by atoms with van der Waals surface area (Å²) in [6.45, 7) is 2.07. The molecule has 0 spiro atoms. The lowest BCUT2D eigenvalue weighted by molar-refractivity contribution is 0.0690. The quantitative estimate of drug-likeness (QED) is 0.865. The van der Waals surface area contributed by atoms with Crippen molar-refractivity contribution in [2.24, 2.45) is 7.05 Å². The van der Waals surface area contributed by atoms with Crippen LogP contribution in [0.2, 0.25) is 0 Å². The van der Waals surface area contributed by atoms with Gasteiger partial charge in [0.2, 0.25) is 0 Å². The molecule has 1 heterocycles. The van der Waals surface area contributed by atoms with Gasteiger partial charge in [-0.15, -0.1) is 0 Å². The van der Waals surface area contributed by atoms with Crippen LogP contribution in [0.15, 0.2) is 24.3 Å². The van der Waals surface area contributed by atoms with Gasteiger partial charge in [0, 0.05) is 7.05 Å². The smallest absolute Gasteiger partial charge is 0.357 e. The number of nitrogen functional groups attached to an aromatic ring is 1. The lowest BCUT2D eigenvalue weighted by Crippen LogP contribution is -2.00. The van der Waals surface area contributed by atoms with Crippen molar-refractivity contribution in [2.75, 3.05) is 5.73 Å². The molecule has 0 fully saturated rings. The highest BCUT2D eigenvalue weighted by Gasteiger charge is 2.20. The number of benzene rings is 1. The maximum atomic E-state index is 11.2. The third-order valence-electron chi connectivity index (χ3n) is 2.95. The average molecular weight is 245 g/mol. The Labute approximate surface area is 105 Å². The monoisotopic (exact) mass is 245 g/mol. The molecule has 18 heavy (non-hydrogen) atoms. The highest BCUT2D eigenvalue weighted by Crippen LogP contribution is 2.29. The molecule has 0 atom stereocenters. The van der Waals surface area contributed by atoms with E-state index in [1.807, 2.05) is 24.3 Å². The largest absolute Gasteiger partial charge is 0.476 e. The van der Waals surface area contributed by atoms with Crippen molar-refractivity contribution in [1.29, 1.82) is 0 Å². The van der Waals surface area contributed by atoms with Crippen LogP contribution >= 0.6 is 0 Å². The van der Waals surface area contributed by atoms with Gasteiger partial charge in [-0.3, -0.25) is 4.68 Å². The molecule has 2 aromatic rings. The molecule has 0 saturated heterocycles. The SMILES string of the molecule is CCc1ccc(-c2c(C(=O)O)nn(C)c2N)cc1. The van der Waals surface area contributed by atoms with Gasteiger partial charge in [-0.25, -0.2) is 4.79 Å². The summed E-state index contributed by atoms with van der Waals surface area (Å²) in [4.78, 5) is 11.2. The molecule has 0 aliphatic carbocycles. The molecule has 3 N–H and O–H groups in total. The summed E-state index contributed by atoms with van der Waals surface area (Å²) in [5.74, 6) is -0.714. The molecule has 0 aliphatic heterocycles. The maximum Gasteiger partial charge on any atom is 0.357 e. The van der Waals surface area contributed by atoms with Crippen molar-refractivity contribution in [3.8, 4) is 11.1 Å². The topological polar surface area (TPSA) is 81.1 Å². The Morgan fingerprint density at radius 3 is 2.50 bits per heavy atom. The first-order chi connectivity index (χ1) is 8.54. The molecular formula is C13H15N3O2. The zero-order valence-corrected chi connectivity index (χ0v) is 10.3. The minimum atomic E-state index is -1.07. The van der Waals surface area contributed by atoms with E-state index in [0.717, 1.165) is 12.0 Å². The van der Waals surface area contributed by atoms with Crippen molar-refractivity contribution in [1.82, 2.24) is 9.78 Å². The fraction of sp³-hybridized carbons (Fsp3) is 0.231. The molecule has 5 nitrogen and oxygen atoms in total. The molecular weight excluding hydrogens is 230 g/mol. The second-order valence-electron chi connectivity index (χ2n) is 4.09. The molecule has 0 radical (unpaired) electrons. The van der Waals surface area contributed by atoms with Crippen LogP contribution in [-0.2, 0) is 13.5 Å². The number of carboxylic acids is 1. The predicted molar refractivity (Wildman–Crippen MR) is 69.4 cm³/mol. The van der Waals surface area contributed by atoms with Crippen LogP contribution in [0, 0.1) is 0 Å². The number of nitrogens with two attached hydrogens (primary N) is 1. The fourth-order valence-electron chi connectivity index (χ4n) is 1.88. The molecule has 5 heteroatoms. The molecule has 0 bridgehead atoms. The van der Waals surface area contributed by atoms with Gasteiger partial charge in [-0.1, -0.05) is 31.2 Å². The van der Waals surface area contributed by atoms with E-state index < -0.39 is 5.97 Å². The summed E-state index contributed by atoms with van der Waals surface area (Å²) >= 11 is 0. The van der Waals surface area contributed by atoms with E-state index in [4.69, 9.17) is 10.8 Å². The standard InChI is InChI=1S/C13H15N3O2/c1-3-8-4-6-9(7-5-8)10-11(13(17)18)15-16(2)12(10)14/h4-7H,3,14H2,1-2H3,(H,17,18). The first-order valence-corrected chi connectivity index (χ1v) is 5.69. The Hall–Kier alpha value is -2.30. The lowest BCUT2D eigenvalue weighted by Gasteiger charge is -2.03. The number of aryl methyl sites for hydroxylation is 2. The number of hydrogen-bond donors (Lipinski definition) is 2. The summed E-state index contributed by atoms with van der Waals surface area (Å²) in [6.07, 6.45) is 0.939. The van der Waals surface area contributed by atoms with Gasteiger partial charge >= 0.3 is 5.97 Å². The average Bonchev–Trinajstić information content (AvgIpc) is 2.66. The molecule has 0 saturated carbocycles. The van der Waals surface area contributed by atoms with E-state index in [-0.39, 0.29) is 5.69 Å². The van der Waals surface area contributed by atoms with Crippen LogP contribution in [0.5, 0.6) is 0 Å². The third kappa shape index (κ3) is 1.95. The summed E-state index contributed by atoms with van der Waals surface area (Å²) in [7, 11) is 1.63. The summed E-state index contributed by atoms with van der Waals surface area (Å²) in [5, 5.41) is 13.1. The van der Waals surface area contributed by atoms with Crippen LogP contribution < -0.4 is 5.73 Å².